The van der Waals surface area contributed by atoms with Gasteiger partial charge in [0.2, 0.25) is 0 Å². The van der Waals surface area contributed by atoms with Crippen molar-refractivity contribution in [3.63, 3.8) is 0 Å². The maximum atomic E-state index is 11.8. The Morgan fingerprint density at radius 3 is 2.06 bits per heavy atom. The molecule has 0 rings (SSSR count). The molecule has 0 saturated carbocycles. The summed E-state index contributed by atoms with van der Waals surface area (Å²) in [6.07, 6.45) is -0.356. The van der Waals surface area contributed by atoms with Gasteiger partial charge in [0.1, 0.15) is 11.3 Å². The fourth-order valence-electron chi connectivity index (χ4n) is 1.41. The van der Waals surface area contributed by atoms with Crippen LogP contribution >= 0.6 is 0 Å². The van der Waals surface area contributed by atoms with Crippen LogP contribution in [-0.2, 0) is 19.1 Å². The van der Waals surface area contributed by atoms with Gasteiger partial charge in [0.05, 0.1) is 31.8 Å². The predicted octanol–water partition coefficient (Wildman–Crippen LogP) is 1.17. The van der Waals surface area contributed by atoms with Crippen LogP contribution in [0.4, 0.5) is 0 Å². The van der Waals surface area contributed by atoms with Gasteiger partial charge in [-0.2, -0.15) is 10.5 Å². The second-order valence-corrected chi connectivity index (χ2v) is 3.81. The van der Waals surface area contributed by atoms with Crippen molar-refractivity contribution < 1.29 is 19.1 Å². The van der Waals surface area contributed by atoms with Gasteiger partial charge in [-0.05, 0) is 20.8 Å². The van der Waals surface area contributed by atoms with Crippen LogP contribution in [0.1, 0.15) is 27.2 Å². The smallest absolute Gasteiger partial charge is 0.314 e. The van der Waals surface area contributed by atoms with E-state index in [0.717, 1.165) is 0 Å². The summed E-state index contributed by atoms with van der Waals surface area (Å²) < 4.78 is 9.56. The second kappa shape index (κ2) is 7.29. The summed E-state index contributed by atoms with van der Waals surface area (Å²) in [5.41, 5.74) is -1.51. The van der Waals surface area contributed by atoms with Crippen LogP contribution in [-0.4, -0.2) is 25.2 Å². The van der Waals surface area contributed by atoms with Gasteiger partial charge in [-0.15, -0.1) is 0 Å². The zero-order valence-corrected chi connectivity index (χ0v) is 10.7. The summed E-state index contributed by atoms with van der Waals surface area (Å²) in [5, 5.41) is 17.8. The lowest BCUT2D eigenvalue weighted by atomic mass is 9.75. The molecule has 0 spiro atoms. The lowest BCUT2D eigenvalue weighted by Crippen LogP contribution is -2.39. The average molecular weight is 252 g/mol. The molecule has 0 aliphatic heterocycles. The van der Waals surface area contributed by atoms with E-state index >= 15 is 0 Å². The van der Waals surface area contributed by atoms with Gasteiger partial charge < -0.3 is 9.47 Å². The molecule has 0 aliphatic carbocycles. The van der Waals surface area contributed by atoms with Crippen LogP contribution < -0.4 is 0 Å². The molecule has 18 heavy (non-hydrogen) atoms. The fraction of sp³-hybridized carbons (Fsp3) is 0.667. The Hall–Kier alpha value is -2.08. The minimum absolute atomic E-state index is 0.112. The molecular formula is C12H16N2O4. The number of hydrogen-bond acceptors (Lipinski definition) is 6. The monoisotopic (exact) mass is 252 g/mol. The van der Waals surface area contributed by atoms with E-state index in [9.17, 15) is 9.59 Å². The Balaban J connectivity index is 5.17. The van der Waals surface area contributed by atoms with Gasteiger partial charge in [-0.25, -0.2) is 0 Å². The summed E-state index contributed by atoms with van der Waals surface area (Å²) >= 11 is 0. The van der Waals surface area contributed by atoms with Gasteiger partial charge in [0.15, 0.2) is 0 Å². The van der Waals surface area contributed by atoms with Crippen molar-refractivity contribution in [1.82, 2.24) is 0 Å². The average Bonchev–Trinajstić information content (AvgIpc) is 2.30. The molecule has 0 amide bonds. The van der Waals surface area contributed by atoms with Gasteiger partial charge in [0, 0.05) is 0 Å². The van der Waals surface area contributed by atoms with Crippen LogP contribution in [0.5, 0.6) is 0 Å². The van der Waals surface area contributed by atoms with Crippen molar-refractivity contribution in [2.45, 2.75) is 27.2 Å². The lowest BCUT2D eigenvalue weighted by Gasteiger charge is -2.26. The molecule has 0 aromatic heterocycles. The van der Waals surface area contributed by atoms with Crippen LogP contribution in [0.3, 0.4) is 0 Å². The molecule has 0 bridgehead atoms. The molecule has 0 heterocycles. The Kier molecular flexibility index (Phi) is 6.44. The first-order chi connectivity index (χ1) is 8.46. The van der Waals surface area contributed by atoms with E-state index in [2.05, 4.69) is 0 Å². The molecule has 6 heteroatoms. The maximum Gasteiger partial charge on any atom is 0.314 e. The highest BCUT2D eigenvalue weighted by Gasteiger charge is 2.45. The van der Waals surface area contributed by atoms with E-state index in [0.29, 0.717) is 0 Å². The van der Waals surface area contributed by atoms with Crippen LogP contribution in [0.25, 0.3) is 0 Å². The molecule has 6 nitrogen and oxygen atoms in total. The highest BCUT2D eigenvalue weighted by molar-refractivity contribution is 5.84. The van der Waals surface area contributed by atoms with Crippen molar-refractivity contribution in [3.8, 4) is 12.1 Å². The molecule has 1 atom stereocenters. The van der Waals surface area contributed by atoms with Crippen molar-refractivity contribution in [3.05, 3.63) is 0 Å². The fourth-order valence-corrected chi connectivity index (χ4v) is 1.41. The highest BCUT2D eigenvalue weighted by atomic mass is 16.5. The third kappa shape index (κ3) is 3.74. The molecule has 0 N–H and O–H groups in total. The molecule has 0 fully saturated rings. The van der Waals surface area contributed by atoms with Crippen molar-refractivity contribution in [2.24, 2.45) is 11.3 Å². The third-order valence-corrected chi connectivity index (χ3v) is 2.45. The maximum absolute atomic E-state index is 11.8. The molecule has 0 aromatic rings. The summed E-state index contributed by atoms with van der Waals surface area (Å²) in [6.45, 7) is 4.88. The Morgan fingerprint density at radius 2 is 1.67 bits per heavy atom. The van der Waals surface area contributed by atoms with Crippen molar-refractivity contribution in [2.75, 3.05) is 13.2 Å². The van der Waals surface area contributed by atoms with Crippen LogP contribution in [0, 0.1) is 34.0 Å². The predicted molar refractivity (Wildman–Crippen MR) is 60.7 cm³/mol. The number of rotatable bonds is 6. The topological polar surface area (TPSA) is 100 Å². The van der Waals surface area contributed by atoms with E-state index < -0.39 is 23.3 Å². The Bertz CT molecular complexity index is 380. The number of nitriles is 2. The molecule has 0 aliphatic rings. The van der Waals surface area contributed by atoms with Gasteiger partial charge in [-0.1, -0.05) is 0 Å². The van der Waals surface area contributed by atoms with Gasteiger partial charge >= 0.3 is 11.9 Å². The second-order valence-electron chi connectivity index (χ2n) is 3.81. The zero-order chi connectivity index (χ0) is 14.2. The SMILES string of the molecule is CCOC(=O)CC(C)(C(=O)OCC)C(C#N)C#N. The Labute approximate surface area is 106 Å². The minimum Gasteiger partial charge on any atom is -0.466 e. The van der Waals surface area contributed by atoms with E-state index in [4.69, 9.17) is 20.0 Å². The largest absolute Gasteiger partial charge is 0.466 e. The highest BCUT2D eigenvalue weighted by Crippen LogP contribution is 2.33. The first-order valence-electron chi connectivity index (χ1n) is 5.58. The first kappa shape index (κ1) is 15.9. The third-order valence-electron chi connectivity index (χ3n) is 2.45. The zero-order valence-electron chi connectivity index (χ0n) is 10.7. The number of nitrogens with zero attached hydrogens (tertiary/aromatic N) is 2. The molecule has 98 valence electrons. The molecule has 1 unspecified atom stereocenters. The summed E-state index contributed by atoms with van der Waals surface area (Å²) in [7, 11) is 0. The minimum atomic E-state index is -1.51. The number of esters is 2. The number of ether oxygens (including phenoxy) is 2. The van der Waals surface area contributed by atoms with E-state index in [1.807, 2.05) is 0 Å². The van der Waals surface area contributed by atoms with E-state index in [1.165, 1.54) is 6.92 Å². The van der Waals surface area contributed by atoms with Crippen molar-refractivity contribution in [1.29, 1.82) is 10.5 Å². The molecule has 0 radical (unpaired) electrons. The summed E-state index contributed by atoms with van der Waals surface area (Å²) in [5.74, 6) is -2.64. The summed E-state index contributed by atoms with van der Waals surface area (Å²) in [6, 6.07) is 3.42. The van der Waals surface area contributed by atoms with Gasteiger partial charge in [-0.3, -0.25) is 9.59 Å². The number of carbonyl (C=O) groups is 2. The molecule has 0 aromatic carbocycles. The lowest BCUT2D eigenvalue weighted by molar-refractivity contribution is -0.162. The summed E-state index contributed by atoms with van der Waals surface area (Å²) in [4.78, 5) is 23.3. The normalized spacial score (nSPS) is 13.0. The number of carbonyl (C=O) groups excluding carboxylic acids is 2. The van der Waals surface area contributed by atoms with E-state index in [1.54, 1.807) is 26.0 Å². The molecule has 0 saturated heterocycles. The van der Waals surface area contributed by atoms with Gasteiger partial charge in [0.25, 0.3) is 0 Å². The van der Waals surface area contributed by atoms with Crippen molar-refractivity contribution >= 4 is 11.9 Å². The van der Waals surface area contributed by atoms with Crippen LogP contribution in [0.2, 0.25) is 0 Å². The quantitative estimate of drug-likeness (QED) is 0.658. The molecular weight excluding hydrogens is 236 g/mol. The Morgan fingerprint density at radius 1 is 1.17 bits per heavy atom. The van der Waals surface area contributed by atoms with Crippen LogP contribution in [0.15, 0.2) is 0 Å². The van der Waals surface area contributed by atoms with E-state index in [-0.39, 0.29) is 19.6 Å². The number of hydrogen-bond donors (Lipinski definition) is 0. The first-order valence-corrected chi connectivity index (χ1v) is 5.58. The standard InChI is InChI=1S/C12H16N2O4/c1-4-17-10(15)6-12(3,9(7-13)8-14)11(16)18-5-2/h9H,4-6H2,1-3H3.